The molecule has 3 rings (SSSR count). The van der Waals surface area contributed by atoms with Gasteiger partial charge >= 0.3 is 6.18 Å². The molecule has 2 aromatic rings. The normalized spacial score (nSPS) is 16.8. The number of likely N-dealkylation sites (tertiary alicyclic amines) is 1. The Kier molecular flexibility index (Phi) is 7.30. The lowest BCUT2D eigenvalue weighted by atomic mass is 9.95. The summed E-state index contributed by atoms with van der Waals surface area (Å²) in [5.41, 5.74) is 0.680. The maximum absolute atomic E-state index is 13.3. The third-order valence-corrected chi connectivity index (χ3v) is 5.64. The third-order valence-electron chi connectivity index (χ3n) is 5.64. The van der Waals surface area contributed by atoms with Crippen molar-refractivity contribution in [3.05, 3.63) is 70.8 Å². The number of rotatable bonds is 6. The van der Waals surface area contributed by atoms with Gasteiger partial charge in [0.25, 0.3) is 0 Å². The highest BCUT2D eigenvalue weighted by Gasteiger charge is 2.30. The Morgan fingerprint density at radius 2 is 1.71 bits per heavy atom. The molecule has 1 heterocycles. The Labute approximate surface area is 178 Å². The Morgan fingerprint density at radius 3 is 2.29 bits per heavy atom. The second kappa shape index (κ2) is 9.77. The van der Waals surface area contributed by atoms with Crippen LogP contribution in [-0.2, 0) is 17.5 Å². The molecule has 1 saturated heterocycles. The maximum atomic E-state index is 13.3. The fourth-order valence-corrected chi connectivity index (χ4v) is 3.81. The first-order valence-electron chi connectivity index (χ1n) is 10.2. The molecule has 1 fully saturated rings. The van der Waals surface area contributed by atoms with Gasteiger partial charge in [-0.3, -0.25) is 9.69 Å². The van der Waals surface area contributed by atoms with Crippen molar-refractivity contribution in [1.29, 1.82) is 0 Å². The highest BCUT2D eigenvalue weighted by atomic mass is 19.4. The standard InChI is InChI=1S/C23H25F5N2O/c1-15(17-3-5-18(6-4-17)23(26,27)28)12-22(31)29-19-8-10-30(11-9-19)14-16-2-7-20(24)21(25)13-16/h2-7,13,15,19H,8-12,14H2,1H3,(H,29,31). The molecule has 0 spiro atoms. The molecule has 2 aromatic carbocycles. The molecule has 1 aliphatic rings. The van der Waals surface area contributed by atoms with Crippen LogP contribution in [0.2, 0.25) is 0 Å². The van der Waals surface area contributed by atoms with E-state index in [0.717, 1.165) is 44.1 Å². The Morgan fingerprint density at radius 1 is 1.06 bits per heavy atom. The molecule has 8 heteroatoms. The van der Waals surface area contributed by atoms with Crippen molar-refractivity contribution in [1.82, 2.24) is 10.2 Å². The summed E-state index contributed by atoms with van der Waals surface area (Å²) in [4.78, 5) is 14.5. The van der Waals surface area contributed by atoms with Gasteiger partial charge in [0.1, 0.15) is 0 Å². The molecule has 168 valence electrons. The molecule has 3 nitrogen and oxygen atoms in total. The monoisotopic (exact) mass is 440 g/mol. The molecule has 1 amide bonds. The molecule has 31 heavy (non-hydrogen) atoms. The second-order valence-electron chi connectivity index (χ2n) is 8.09. The van der Waals surface area contributed by atoms with Crippen LogP contribution in [0.15, 0.2) is 42.5 Å². The minimum Gasteiger partial charge on any atom is -0.353 e. The zero-order chi connectivity index (χ0) is 22.6. The van der Waals surface area contributed by atoms with Crippen molar-refractivity contribution >= 4 is 5.91 Å². The van der Waals surface area contributed by atoms with Gasteiger partial charge in [0.15, 0.2) is 11.6 Å². The first kappa shape index (κ1) is 23.2. The molecule has 0 radical (unpaired) electrons. The molecule has 0 aromatic heterocycles. The Hall–Kier alpha value is -2.48. The molecule has 0 aliphatic carbocycles. The van der Waals surface area contributed by atoms with E-state index in [1.807, 2.05) is 6.92 Å². The molecule has 1 unspecified atom stereocenters. The van der Waals surface area contributed by atoms with Crippen molar-refractivity contribution in [2.24, 2.45) is 0 Å². The van der Waals surface area contributed by atoms with Gasteiger partial charge < -0.3 is 5.32 Å². The molecule has 0 bridgehead atoms. The summed E-state index contributed by atoms with van der Waals surface area (Å²) in [6, 6.07) is 8.80. The van der Waals surface area contributed by atoms with E-state index >= 15 is 0 Å². The topological polar surface area (TPSA) is 32.3 Å². The molecule has 1 atom stereocenters. The zero-order valence-electron chi connectivity index (χ0n) is 17.2. The smallest absolute Gasteiger partial charge is 0.353 e. The van der Waals surface area contributed by atoms with Crippen LogP contribution >= 0.6 is 0 Å². The number of hydrogen-bond donors (Lipinski definition) is 1. The predicted octanol–water partition coefficient (Wildman–Crippen LogP) is 5.26. The summed E-state index contributed by atoms with van der Waals surface area (Å²) in [6.07, 6.45) is -2.70. The quantitative estimate of drug-likeness (QED) is 0.622. The summed E-state index contributed by atoms with van der Waals surface area (Å²) in [5, 5.41) is 3.00. The number of halogens is 5. The van der Waals surface area contributed by atoms with Gasteiger partial charge in [0.2, 0.25) is 5.91 Å². The van der Waals surface area contributed by atoms with Crippen molar-refractivity contribution in [2.45, 2.75) is 50.9 Å². The van der Waals surface area contributed by atoms with E-state index in [1.165, 1.54) is 18.2 Å². The van der Waals surface area contributed by atoms with Crippen molar-refractivity contribution in [2.75, 3.05) is 13.1 Å². The van der Waals surface area contributed by atoms with Crippen LogP contribution in [-0.4, -0.2) is 29.9 Å². The lowest BCUT2D eigenvalue weighted by Crippen LogP contribution is -2.44. The minimum absolute atomic E-state index is 0.0218. The van der Waals surface area contributed by atoms with Gasteiger partial charge in [-0.05, 0) is 54.2 Å². The van der Waals surface area contributed by atoms with E-state index < -0.39 is 23.4 Å². The minimum atomic E-state index is -4.38. The highest BCUT2D eigenvalue weighted by Crippen LogP contribution is 2.30. The molecule has 1 N–H and O–H groups in total. The summed E-state index contributed by atoms with van der Waals surface area (Å²) in [7, 11) is 0. The SMILES string of the molecule is CC(CC(=O)NC1CCN(Cc2ccc(F)c(F)c2)CC1)c1ccc(C(F)(F)F)cc1. The lowest BCUT2D eigenvalue weighted by molar-refractivity contribution is -0.137. The number of nitrogens with one attached hydrogen (secondary N) is 1. The van der Waals surface area contributed by atoms with E-state index in [2.05, 4.69) is 10.2 Å². The third kappa shape index (κ3) is 6.50. The average Bonchev–Trinajstić information content (AvgIpc) is 2.71. The Balaban J connectivity index is 1.43. The van der Waals surface area contributed by atoms with Crippen LogP contribution in [0.4, 0.5) is 22.0 Å². The van der Waals surface area contributed by atoms with Gasteiger partial charge in [-0.15, -0.1) is 0 Å². The van der Waals surface area contributed by atoms with Crippen LogP contribution < -0.4 is 5.32 Å². The van der Waals surface area contributed by atoms with E-state index in [4.69, 9.17) is 0 Å². The fraction of sp³-hybridized carbons (Fsp3) is 0.435. The van der Waals surface area contributed by atoms with Gasteiger partial charge in [-0.2, -0.15) is 13.2 Å². The number of piperidine rings is 1. The van der Waals surface area contributed by atoms with E-state index in [-0.39, 0.29) is 24.3 Å². The summed E-state index contributed by atoms with van der Waals surface area (Å²) in [5.74, 6) is -2.06. The number of amides is 1. The summed E-state index contributed by atoms with van der Waals surface area (Å²) >= 11 is 0. The predicted molar refractivity (Wildman–Crippen MR) is 107 cm³/mol. The largest absolute Gasteiger partial charge is 0.416 e. The molecule has 1 aliphatic heterocycles. The number of alkyl halides is 3. The van der Waals surface area contributed by atoms with E-state index in [1.54, 1.807) is 6.07 Å². The second-order valence-corrected chi connectivity index (χ2v) is 8.09. The fourth-order valence-electron chi connectivity index (χ4n) is 3.81. The first-order chi connectivity index (χ1) is 14.6. The first-order valence-corrected chi connectivity index (χ1v) is 10.2. The summed E-state index contributed by atoms with van der Waals surface area (Å²) < 4.78 is 64.4. The van der Waals surface area contributed by atoms with Crippen LogP contribution in [0.3, 0.4) is 0 Å². The lowest BCUT2D eigenvalue weighted by Gasteiger charge is -2.32. The number of nitrogens with zero attached hydrogens (tertiary/aromatic N) is 1. The van der Waals surface area contributed by atoms with Gasteiger partial charge in [-0.25, -0.2) is 8.78 Å². The van der Waals surface area contributed by atoms with E-state index in [0.29, 0.717) is 17.7 Å². The van der Waals surface area contributed by atoms with Crippen molar-refractivity contribution in [3.8, 4) is 0 Å². The Bertz CT molecular complexity index is 890. The summed E-state index contributed by atoms with van der Waals surface area (Å²) in [6.45, 7) is 3.77. The van der Waals surface area contributed by atoms with Crippen LogP contribution in [0.5, 0.6) is 0 Å². The molecular formula is C23H25F5N2O. The van der Waals surface area contributed by atoms with Crippen molar-refractivity contribution in [3.63, 3.8) is 0 Å². The number of hydrogen-bond acceptors (Lipinski definition) is 2. The number of benzene rings is 2. The van der Waals surface area contributed by atoms with Crippen molar-refractivity contribution < 1.29 is 26.7 Å². The van der Waals surface area contributed by atoms with Gasteiger partial charge in [0.05, 0.1) is 5.56 Å². The number of carbonyl (C=O) groups excluding carboxylic acids is 1. The van der Waals surface area contributed by atoms with Crippen LogP contribution in [0, 0.1) is 11.6 Å². The molecular weight excluding hydrogens is 415 g/mol. The molecule has 0 saturated carbocycles. The van der Waals surface area contributed by atoms with Gasteiger partial charge in [0, 0.05) is 32.1 Å². The maximum Gasteiger partial charge on any atom is 0.416 e. The number of carbonyl (C=O) groups is 1. The highest BCUT2D eigenvalue weighted by molar-refractivity contribution is 5.77. The average molecular weight is 440 g/mol. The van der Waals surface area contributed by atoms with Gasteiger partial charge in [-0.1, -0.05) is 25.1 Å². The zero-order valence-corrected chi connectivity index (χ0v) is 17.2. The van der Waals surface area contributed by atoms with E-state index in [9.17, 15) is 26.7 Å². The van der Waals surface area contributed by atoms with Crippen LogP contribution in [0.25, 0.3) is 0 Å². The van der Waals surface area contributed by atoms with Crippen LogP contribution in [0.1, 0.15) is 48.8 Å².